The zero-order chi connectivity index (χ0) is 18.0. The standard InChI is InChI=1S/C21H19N2OS/c1-4-23-21(24)17(12-22)19-15-8-5-6-11-18(15)25-20-14(13(2)3)9-7-10-16(19)20/h5-11,13H,1,4H2,2-3H3,(H,23,24)/b19-17+. The molecule has 0 saturated heterocycles. The lowest BCUT2D eigenvalue weighted by Gasteiger charge is -2.26. The molecule has 0 unspecified atom stereocenters. The summed E-state index contributed by atoms with van der Waals surface area (Å²) in [4.78, 5) is 14.7. The van der Waals surface area contributed by atoms with Crippen LogP contribution in [-0.2, 0) is 4.79 Å². The van der Waals surface area contributed by atoms with E-state index in [0.717, 1.165) is 20.9 Å². The van der Waals surface area contributed by atoms with Gasteiger partial charge in [-0.15, -0.1) is 0 Å². The second kappa shape index (κ2) is 7.16. The van der Waals surface area contributed by atoms with E-state index >= 15 is 0 Å². The molecule has 0 atom stereocenters. The summed E-state index contributed by atoms with van der Waals surface area (Å²) in [6.45, 7) is 8.20. The van der Waals surface area contributed by atoms with Gasteiger partial charge in [-0.2, -0.15) is 5.26 Å². The lowest BCUT2D eigenvalue weighted by Crippen LogP contribution is -2.25. The Morgan fingerprint density at radius 1 is 1.20 bits per heavy atom. The zero-order valence-corrected chi connectivity index (χ0v) is 15.1. The Bertz CT molecular complexity index is 906. The van der Waals surface area contributed by atoms with Crippen LogP contribution in [0.4, 0.5) is 0 Å². The van der Waals surface area contributed by atoms with Crippen molar-refractivity contribution in [3.05, 3.63) is 71.7 Å². The van der Waals surface area contributed by atoms with Crippen LogP contribution in [0.3, 0.4) is 0 Å². The Morgan fingerprint density at radius 3 is 2.60 bits per heavy atom. The number of benzene rings is 2. The fourth-order valence-electron chi connectivity index (χ4n) is 3.03. The second-order valence-electron chi connectivity index (χ2n) is 6.09. The molecule has 0 saturated carbocycles. The van der Waals surface area contributed by atoms with E-state index in [4.69, 9.17) is 0 Å². The largest absolute Gasteiger partial charge is 0.351 e. The number of amides is 1. The van der Waals surface area contributed by atoms with Crippen molar-refractivity contribution < 1.29 is 4.79 Å². The molecule has 25 heavy (non-hydrogen) atoms. The van der Waals surface area contributed by atoms with Crippen LogP contribution in [0.25, 0.3) is 5.57 Å². The van der Waals surface area contributed by atoms with Crippen molar-refractivity contribution in [3.8, 4) is 6.07 Å². The van der Waals surface area contributed by atoms with Crippen molar-refractivity contribution in [2.24, 2.45) is 0 Å². The van der Waals surface area contributed by atoms with E-state index < -0.39 is 0 Å². The monoisotopic (exact) mass is 347 g/mol. The van der Waals surface area contributed by atoms with Crippen LogP contribution in [0.2, 0.25) is 0 Å². The van der Waals surface area contributed by atoms with Crippen LogP contribution < -0.4 is 5.32 Å². The molecule has 0 bridgehead atoms. The summed E-state index contributed by atoms with van der Waals surface area (Å²) in [6.07, 6.45) is 0. The number of carbonyl (C=O) groups is 1. The fourth-order valence-corrected chi connectivity index (χ4v) is 4.38. The molecule has 2 aromatic carbocycles. The van der Waals surface area contributed by atoms with Gasteiger partial charge in [-0.05, 0) is 35.6 Å². The van der Waals surface area contributed by atoms with Crippen molar-refractivity contribution >= 4 is 23.2 Å². The van der Waals surface area contributed by atoms with Gasteiger partial charge in [-0.1, -0.05) is 62.0 Å². The smallest absolute Gasteiger partial charge is 0.262 e. The first-order chi connectivity index (χ1) is 12.1. The highest BCUT2D eigenvalue weighted by atomic mass is 32.2. The van der Waals surface area contributed by atoms with E-state index in [1.807, 2.05) is 36.4 Å². The van der Waals surface area contributed by atoms with E-state index in [2.05, 4.69) is 38.2 Å². The number of fused-ring (bicyclic) bond motifs is 2. The highest BCUT2D eigenvalue weighted by molar-refractivity contribution is 7.99. The molecule has 125 valence electrons. The first-order valence-electron chi connectivity index (χ1n) is 8.20. The Hall–Kier alpha value is -2.51. The summed E-state index contributed by atoms with van der Waals surface area (Å²) in [6, 6.07) is 16.1. The van der Waals surface area contributed by atoms with Crippen molar-refractivity contribution in [2.75, 3.05) is 6.54 Å². The van der Waals surface area contributed by atoms with Gasteiger partial charge in [0.05, 0.1) is 0 Å². The van der Waals surface area contributed by atoms with Gasteiger partial charge in [0, 0.05) is 21.9 Å². The molecule has 1 heterocycles. The summed E-state index contributed by atoms with van der Waals surface area (Å²) in [5.74, 6) is -0.0248. The molecular weight excluding hydrogens is 328 g/mol. The molecule has 0 spiro atoms. The highest BCUT2D eigenvalue weighted by Crippen LogP contribution is 2.49. The molecule has 3 nitrogen and oxygen atoms in total. The molecule has 1 N–H and O–H groups in total. The van der Waals surface area contributed by atoms with Crippen molar-refractivity contribution in [1.82, 2.24) is 5.32 Å². The minimum Gasteiger partial charge on any atom is -0.351 e. The number of hydrogen-bond acceptors (Lipinski definition) is 3. The van der Waals surface area contributed by atoms with Gasteiger partial charge >= 0.3 is 0 Å². The summed E-state index contributed by atoms with van der Waals surface area (Å²) in [5, 5.41) is 12.4. The van der Waals surface area contributed by atoms with E-state index in [0.29, 0.717) is 11.5 Å². The average molecular weight is 347 g/mol. The molecule has 0 fully saturated rings. The van der Waals surface area contributed by atoms with Crippen LogP contribution in [0, 0.1) is 18.3 Å². The van der Waals surface area contributed by atoms with Crippen LogP contribution in [0.15, 0.2) is 57.8 Å². The summed E-state index contributed by atoms with van der Waals surface area (Å²) < 4.78 is 0. The first kappa shape index (κ1) is 17.3. The predicted molar refractivity (Wildman–Crippen MR) is 101 cm³/mol. The Kier molecular flexibility index (Phi) is 4.96. The van der Waals surface area contributed by atoms with Crippen LogP contribution >= 0.6 is 11.8 Å². The number of hydrogen-bond donors (Lipinski definition) is 1. The van der Waals surface area contributed by atoms with E-state index in [9.17, 15) is 10.1 Å². The van der Waals surface area contributed by atoms with Gasteiger partial charge in [-0.3, -0.25) is 4.79 Å². The minimum atomic E-state index is -0.380. The normalized spacial score (nSPS) is 14.4. The Labute approximate surface area is 152 Å². The third-order valence-electron chi connectivity index (χ3n) is 4.18. The van der Waals surface area contributed by atoms with Crippen molar-refractivity contribution in [2.45, 2.75) is 29.6 Å². The molecule has 1 radical (unpaired) electrons. The predicted octanol–water partition coefficient (Wildman–Crippen LogP) is 4.55. The van der Waals surface area contributed by atoms with E-state index in [1.54, 1.807) is 11.8 Å². The maximum atomic E-state index is 12.5. The van der Waals surface area contributed by atoms with Gasteiger partial charge in [0.1, 0.15) is 11.6 Å². The lowest BCUT2D eigenvalue weighted by atomic mass is 9.89. The quantitative estimate of drug-likeness (QED) is 0.558. The summed E-state index contributed by atoms with van der Waals surface area (Å²) in [5.41, 5.74) is 3.95. The molecule has 4 heteroatoms. The Balaban J connectivity index is 2.35. The maximum Gasteiger partial charge on any atom is 0.262 e. The van der Waals surface area contributed by atoms with Crippen molar-refractivity contribution in [1.29, 1.82) is 5.26 Å². The first-order valence-corrected chi connectivity index (χ1v) is 9.02. The van der Waals surface area contributed by atoms with E-state index in [1.165, 1.54) is 5.56 Å². The van der Waals surface area contributed by atoms with Crippen LogP contribution in [0.5, 0.6) is 0 Å². The van der Waals surface area contributed by atoms with Gasteiger partial charge in [0.25, 0.3) is 5.91 Å². The molecular formula is C21H19N2OS. The lowest BCUT2D eigenvalue weighted by molar-refractivity contribution is -0.116. The van der Waals surface area contributed by atoms with Gasteiger partial charge in [0.15, 0.2) is 0 Å². The third-order valence-corrected chi connectivity index (χ3v) is 5.42. The molecule has 1 aliphatic heterocycles. The fraction of sp³-hybridized carbons (Fsp3) is 0.190. The molecule has 1 aliphatic rings. The molecule has 1 amide bonds. The summed E-state index contributed by atoms with van der Waals surface area (Å²) in [7, 11) is 0. The topological polar surface area (TPSA) is 52.9 Å². The number of nitrogens with one attached hydrogen (secondary N) is 1. The molecule has 0 aromatic heterocycles. The van der Waals surface area contributed by atoms with Crippen LogP contribution in [0.1, 0.15) is 36.5 Å². The summed E-state index contributed by atoms with van der Waals surface area (Å²) >= 11 is 1.71. The van der Waals surface area contributed by atoms with Gasteiger partial charge in [0.2, 0.25) is 0 Å². The minimum absolute atomic E-state index is 0.138. The molecule has 3 rings (SSSR count). The van der Waals surface area contributed by atoms with Gasteiger partial charge < -0.3 is 5.32 Å². The number of rotatable bonds is 3. The molecule has 0 aliphatic carbocycles. The molecule has 2 aromatic rings. The number of nitrogens with zero attached hydrogens (tertiary/aromatic N) is 1. The Morgan fingerprint density at radius 2 is 1.92 bits per heavy atom. The average Bonchev–Trinajstić information content (AvgIpc) is 2.61. The second-order valence-corrected chi connectivity index (χ2v) is 7.15. The maximum absolute atomic E-state index is 12.5. The van der Waals surface area contributed by atoms with E-state index in [-0.39, 0.29) is 18.0 Å². The van der Waals surface area contributed by atoms with Gasteiger partial charge in [-0.25, -0.2) is 0 Å². The SMILES string of the molecule is [CH2]CNC(=O)/C(C#N)=C1\c2ccccc2Sc2c1cccc2C(C)C. The number of nitriles is 1. The number of carbonyl (C=O) groups excluding carboxylic acids is 1. The zero-order valence-electron chi connectivity index (χ0n) is 14.3. The van der Waals surface area contributed by atoms with Crippen molar-refractivity contribution in [3.63, 3.8) is 0 Å². The third kappa shape index (κ3) is 3.08. The highest BCUT2D eigenvalue weighted by Gasteiger charge is 2.28. The van der Waals surface area contributed by atoms with Crippen LogP contribution in [-0.4, -0.2) is 12.5 Å².